The number of nitrogens with one attached hydrogen (secondary N) is 1. The summed E-state index contributed by atoms with van der Waals surface area (Å²) in [5.74, 6) is 0.155. The van der Waals surface area contributed by atoms with Crippen LogP contribution in [0.4, 0.5) is 5.69 Å². The summed E-state index contributed by atoms with van der Waals surface area (Å²) in [4.78, 5) is 14.8. The fourth-order valence-corrected chi connectivity index (χ4v) is 4.36. The molecule has 3 rings (SSSR count). The molecule has 0 aromatic heterocycles. The second-order valence-electron chi connectivity index (χ2n) is 7.67. The summed E-state index contributed by atoms with van der Waals surface area (Å²) in [5, 5.41) is 4.24. The predicted octanol–water partition coefficient (Wildman–Crippen LogP) is 2.62. The minimum atomic E-state index is -3.64. The lowest BCUT2D eigenvalue weighted by atomic mass is 10.1. The highest BCUT2D eigenvalue weighted by Gasteiger charge is 2.21. The third-order valence-electron chi connectivity index (χ3n) is 5.14. The van der Waals surface area contributed by atoms with Gasteiger partial charge >= 0.3 is 0 Å². The number of anilines is 1. The quantitative estimate of drug-likeness (QED) is 0.584. The van der Waals surface area contributed by atoms with E-state index in [0.717, 1.165) is 48.7 Å². The van der Waals surface area contributed by atoms with Gasteiger partial charge in [-0.1, -0.05) is 30.3 Å². The van der Waals surface area contributed by atoms with Crippen molar-refractivity contribution in [2.45, 2.75) is 26.3 Å². The van der Waals surface area contributed by atoms with Crippen molar-refractivity contribution in [3.63, 3.8) is 0 Å². The molecular weight excluding hydrogens is 428 g/mol. The highest BCUT2D eigenvalue weighted by atomic mass is 32.2. The van der Waals surface area contributed by atoms with E-state index in [0.29, 0.717) is 18.0 Å². The normalized spacial score (nSPS) is 14.6. The number of sulfonamides is 1. The van der Waals surface area contributed by atoms with E-state index in [4.69, 9.17) is 4.74 Å². The van der Waals surface area contributed by atoms with Gasteiger partial charge in [0, 0.05) is 38.2 Å². The van der Waals surface area contributed by atoms with E-state index >= 15 is 0 Å². The maximum Gasteiger partial charge on any atom is 0.260 e. The second kappa shape index (κ2) is 11.1. The Morgan fingerprint density at radius 2 is 1.75 bits per heavy atom. The first-order valence-corrected chi connectivity index (χ1v) is 12.5. The average molecular weight is 459 g/mol. The van der Waals surface area contributed by atoms with Crippen molar-refractivity contribution in [3.8, 4) is 5.75 Å². The van der Waals surface area contributed by atoms with Crippen LogP contribution in [0.25, 0.3) is 0 Å². The zero-order valence-corrected chi connectivity index (χ0v) is 19.3. The van der Waals surface area contributed by atoms with Crippen molar-refractivity contribution in [2.75, 3.05) is 36.8 Å². The van der Waals surface area contributed by atoms with Crippen LogP contribution < -0.4 is 14.5 Å². The summed E-state index contributed by atoms with van der Waals surface area (Å²) < 4.78 is 30.9. The first-order chi connectivity index (χ1) is 15.3. The lowest BCUT2D eigenvalue weighted by Gasteiger charge is -2.27. The van der Waals surface area contributed by atoms with Crippen LogP contribution in [0, 0.1) is 0 Å². The van der Waals surface area contributed by atoms with Gasteiger partial charge in [0.2, 0.25) is 10.0 Å². The highest BCUT2D eigenvalue weighted by molar-refractivity contribution is 7.92. The molecule has 1 saturated heterocycles. The summed E-state index contributed by atoms with van der Waals surface area (Å²) in [7, 11) is -3.64. The van der Waals surface area contributed by atoms with Crippen molar-refractivity contribution in [1.29, 1.82) is 0 Å². The van der Waals surface area contributed by atoms with Crippen LogP contribution in [0.5, 0.6) is 5.75 Å². The lowest BCUT2D eigenvalue weighted by molar-refractivity contribution is -0.119. The molecule has 1 heterocycles. The zero-order valence-electron chi connectivity index (χ0n) is 18.5. The largest absolute Gasteiger partial charge is 0.494 e. The van der Waals surface area contributed by atoms with Gasteiger partial charge in [0.15, 0.2) is 0 Å². The second-order valence-corrected chi connectivity index (χ2v) is 9.58. The highest BCUT2D eigenvalue weighted by Crippen LogP contribution is 2.21. The Morgan fingerprint density at radius 1 is 1.09 bits per heavy atom. The van der Waals surface area contributed by atoms with E-state index in [1.165, 1.54) is 5.56 Å². The first-order valence-electron chi connectivity index (χ1n) is 10.7. The Bertz CT molecular complexity index is 1010. The fourth-order valence-electron chi connectivity index (χ4n) is 3.51. The molecule has 0 saturated carbocycles. The molecule has 0 aliphatic carbocycles. The Labute approximate surface area is 189 Å². The molecular formula is C23H30N4O4S. The number of likely N-dealkylation sites (tertiary alicyclic amines) is 1. The molecule has 2 aromatic rings. The first kappa shape index (κ1) is 23.7. The molecule has 1 amide bonds. The standard InChI is InChI=1S/C23H30N4O4S/c1-3-31-22-11-9-21(10-12-22)27(32(2,29)30)18-23(28)25-24-20-13-15-26(16-14-20)17-19-7-5-4-6-8-19/h4-12H,3,13-18H2,1-2H3,(H,25,28). The molecule has 2 aromatic carbocycles. The number of rotatable bonds is 9. The number of hydrogen-bond donors (Lipinski definition) is 1. The number of benzene rings is 2. The smallest absolute Gasteiger partial charge is 0.260 e. The van der Waals surface area contributed by atoms with Gasteiger partial charge in [-0.25, -0.2) is 13.8 Å². The number of nitrogens with zero attached hydrogens (tertiary/aromatic N) is 3. The summed E-state index contributed by atoms with van der Waals surface area (Å²) >= 11 is 0. The number of hydrogen-bond acceptors (Lipinski definition) is 6. The minimum absolute atomic E-state index is 0.344. The number of carbonyl (C=O) groups is 1. The lowest BCUT2D eigenvalue weighted by Crippen LogP contribution is -2.40. The van der Waals surface area contributed by atoms with Gasteiger partial charge in [-0.2, -0.15) is 5.10 Å². The van der Waals surface area contributed by atoms with Gasteiger partial charge in [-0.05, 0) is 36.8 Å². The number of hydrazone groups is 1. The molecule has 8 nitrogen and oxygen atoms in total. The third-order valence-corrected chi connectivity index (χ3v) is 6.28. The van der Waals surface area contributed by atoms with Gasteiger partial charge in [0.1, 0.15) is 12.3 Å². The Morgan fingerprint density at radius 3 is 2.34 bits per heavy atom. The van der Waals surface area contributed by atoms with Crippen LogP contribution in [0.2, 0.25) is 0 Å². The molecule has 0 spiro atoms. The van der Waals surface area contributed by atoms with Crippen LogP contribution in [0.3, 0.4) is 0 Å². The van der Waals surface area contributed by atoms with E-state index in [1.54, 1.807) is 24.3 Å². The van der Waals surface area contributed by atoms with Crippen molar-refractivity contribution < 1.29 is 17.9 Å². The van der Waals surface area contributed by atoms with Crippen LogP contribution in [0.1, 0.15) is 25.3 Å². The number of carbonyl (C=O) groups excluding carboxylic acids is 1. The number of ether oxygens (including phenoxy) is 1. The predicted molar refractivity (Wildman–Crippen MR) is 126 cm³/mol. The van der Waals surface area contributed by atoms with Crippen LogP contribution >= 0.6 is 0 Å². The molecule has 0 unspecified atom stereocenters. The molecule has 1 aliphatic heterocycles. The molecule has 0 bridgehead atoms. The van der Waals surface area contributed by atoms with Crippen molar-refractivity contribution in [3.05, 3.63) is 60.2 Å². The molecule has 9 heteroatoms. The number of amides is 1. The Kier molecular flexibility index (Phi) is 8.24. The van der Waals surface area contributed by atoms with E-state index in [1.807, 2.05) is 25.1 Å². The topological polar surface area (TPSA) is 91.3 Å². The summed E-state index contributed by atoms with van der Waals surface area (Å²) in [6.45, 7) is 4.67. The van der Waals surface area contributed by atoms with Gasteiger partial charge in [0.05, 0.1) is 18.6 Å². The maximum absolute atomic E-state index is 12.4. The van der Waals surface area contributed by atoms with Crippen LogP contribution in [-0.2, 0) is 21.4 Å². The van der Waals surface area contributed by atoms with E-state index in [2.05, 4.69) is 27.6 Å². The Hall–Kier alpha value is -2.91. The summed E-state index contributed by atoms with van der Waals surface area (Å²) in [5.41, 5.74) is 5.10. The maximum atomic E-state index is 12.4. The molecule has 1 fully saturated rings. The van der Waals surface area contributed by atoms with Gasteiger partial charge < -0.3 is 4.74 Å². The van der Waals surface area contributed by atoms with Gasteiger partial charge in [0.25, 0.3) is 5.91 Å². The van der Waals surface area contributed by atoms with Crippen LogP contribution in [0.15, 0.2) is 59.7 Å². The SMILES string of the molecule is CCOc1ccc(N(CC(=O)NN=C2CCN(Cc3ccccc3)CC2)S(C)(=O)=O)cc1. The minimum Gasteiger partial charge on any atom is -0.494 e. The molecule has 1 aliphatic rings. The molecule has 1 N–H and O–H groups in total. The summed E-state index contributed by atoms with van der Waals surface area (Å²) in [6.07, 6.45) is 2.61. The third kappa shape index (κ3) is 7.06. The van der Waals surface area contributed by atoms with E-state index < -0.39 is 15.9 Å². The van der Waals surface area contributed by atoms with Crippen LogP contribution in [-0.4, -0.2) is 57.4 Å². The molecule has 0 atom stereocenters. The van der Waals surface area contributed by atoms with Crippen molar-refractivity contribution >= 4 is 27.3 Å². The summed E-state index contributed by atoms with van der Waals surface area (Å²) in [6, 6.07) is 16.9. The number of piperidine rings is 1. The van der Waals surface area contributed by atoms with Gasteiger partial charge in [-0.15, -0.1) is 0 Å². The fraction of sp³-hybridized carbons (Fsp3) is 0.391. The molecule has 172 valence electrons. The van der Waals surface area contributed by atoms with Crippen molar-refractivity contribution in [1.82, 2.24) is 10.3 Å². The molecule has 32 heavy (non-hydrogen) atoms. The Balaban J connectivity index is 1.53. The zero-order chi connectivity index (χ0) is 23.0. The molecule has 0 radical (unpaired) electrons. The monoisotopic (exact) mass is 458 g/mol. The van der Waals surface area contributed by atoms with Gasteiger partial charge in [-0.3, -0.25) is 14.0 Å². The average Bonchev–Trinajstić information content (AvgIpc) is 2.78. The van der Waals surface area contributed by atoms with E-state index in [9.17, 15) is 13.2 Å². The van der Waals surface area contributed by atoms with E-state index in [-0.39, 0.29) is 6.54 Å². The van der Waals surface area contributed by atoms with Crippen molar-refractivity contribution in [2.24, 2.45) is 5.10 Å².